The topological polar surface area (TPSA) is 44.3 Å². The SMILES string of the molecule is Cc1ccccc1CNc1nccc(N2CCN(c3cccc(Cl)c3)CC2)n1. The molecular weight excluding hydrogens is 370 g/mol. The molecule has 0 unspecified atom stereocenters. The molecule has 0 radical (unpaired) electrons. The monoisotopic (exact) mass is 393 g/mol. The van der Waals surface area contributed by atoms with Gasteiger partial charge in [-0.3, -0.25) is 0 Å². The van der Waals surface area contributed by atoms with Crippen LogP contribution >= 0.6 is 11.6 Å². The van der Waals surface area contributed by atoms with Gasteiger partial charge in [-0.1, -0.05) is 41.9 Å². The van der Waals surface area contributed by atoms with E-state index in [4.69, 9.17) is 16.6 Å². The molecule has 2 heterocycles. The number of aryl methyl sites for hydroxylation is 1. The van der Waals surface area contributed by atoms with Crippen LogP contribution in [0.2, 0.25) is 5.02 Å². The second-order valence-electron chi connectivity index (χ2n) is 6.97. The molecule has 0 atom stereocenters. The minimum Gasteiger partial charge on any atom is -0.368 e. The first-order chi connectivity index (χ1) is 13.7. The normalized spacial score (nSPS) is 14.2. The Morgan fingerprint density at radius 3 is 2.54 bits per heavy atom. The fourth-order valence-electron chi connectivity index (χ4n) is 3.46. The molecule has 0 spiro atoms. The molecule has 0 bridgehead atoms. The maximum absolute atomic E-state index is 6.13. The molecule has 0 amide bonds. The van der Waals surface area contributed by atoms with E-state index >= 15 is 0 Å². The maximum atomic E-state index is 6.13. The van der Waals surface area contributed by atoms with Gasteiger partial charge in [-0.05, 0) is 42.3 Å². The Morgan fingerprint density at radius 1 is 0.964 bits per heavy atom. The van der Waals surface area contributed by atoms with Gasteiger partial charge < -0.3 is 15.1 Å². The molecule has 0 saturated carbocycles. The molecule has 1 N–H and O–H groups in total. The lowest BCUT2D eigenvalue weighted by molar-refractivity contribution is 0.647. The highest BCUT2D eigenvalue weighted by Gasteiger charge is 2.19. The van der Waals surface area contributed by atoms with Crippen LogP contribution in [-0.2, 0) is 6.54 Å². The van der Waals surface area contributed by atoms with Crippen molar-refractivity contribution in [2.45, 2.75) is 13.5 Å². The highest BCUT2D eigenvalue weighted by Crippen LogP contribution is 2.22. The van der Waals surface area contributed by atoms with E-state index in [9.17, 15) is 0 Å². The van der Waals surface area contributed by atoms with Crippen molar-refractivity contribution in [1.82, 2.24) is 9.97 Å². The van der Waals surface area contributed by atoms with Crippen LogP contribution < -0.4 is 15.1 Å². The van der Waals surface area contributed by atoms with Crippen LogP contribution in [0.1, 0.15) is 11.1 Å². The Morgan fingerprint density at radius 2 is 1.75 bits per heavy atom. The van der Waals surface area contributed by atoms with Gasteiger partial charge >= 0.3 is 0 Å². The summed E-state index contributed by atoms with van der Waals surface area (Å²) in [4.78, 5) is 13.8. The van der Waals surface area contributed by atoms with Gasteiger partial charge in [0.25, 0.3) is 0 Å². The van der Waals surface area contributed by atoms with E-state index in [2.05, 4.69) is 57.4 Å². The Hall–Kier alpha value is -2.79. The van der Waals surface area contributed by atoms with Crippen LogP contribution in [0.3, 0.4) is 0 Å². The maximum Gasteiger partial charge on any atom is 0.224 e. The van der Waals surface area contributed by atoms with Crippen LogP contribution in [0.5, 0.6) is 0 Å². The van der Waals surface area contributed by atoms with E-state index in [-0.39, 0.29) is 0 Å². The summed E-state index contributed by atoms with van der Waals surface area (Å²) in [6.07, 6.45) is 1.83. The van der Waals surface area contributed by atoms with E-state index in [1.807, 2.05) is 30.5 Å². The summed E-state index contributed by atoms with van der Waals surface area (Å²) in [6, 6.07) is 18.4. The number of anilines is 3. The van der Waals surface area contributed by atoms with Crippen LogP contribution in [0.15, 0.2) is 60.8 Å². The van der Waals surface area contributed by atoms with Crippen LogP contribution in [0.4, 0.5) is 17.5 Å². The summed E-state index contributed by atoms with van der Waals surface area (Å²) in [5, 5.41) is 4.13. The van der Waals surface area contributed by atoms with Gasteiger partial charge in [0.1, 0.15) is 5.82 Å². The summed E-state index contributed by atoms with van der Waals surface area (Å²) in [5.41, 5.74) is 3.70. The van der Waals surface area contributed by atoms with Crippen molar-refractivity contribution in [1.29, 1.82) is 0 Å². The Balaban J connectivity index is 1.38. The van der Waals surface area contributed by atoms with Gasteiger partial charge in [-0.2, -0.15) is 4.98 Å². The molecule has 6 heteroatoms. The van der Waals surface area contributed by atoms with E-state index in [1.165, 1.54) is 16.8 Å². The van der Waals surface area contributed by atoms with Crippen molar-refractivity contribution in [3.63, 3.8) is 0 Å². The van der Waals surface area contributed by atoms with Gasteiger partial charge in [-0.25, -0.2) is 4.98 Å². The predicted molar refractivity (Wildman–Crippen MR) is 116 cm³/mol. The largest absolute Gasteiger partial charge is 0.368 e. The molecule has 1 fully saturated rings. The Kier molecular flexibility index (Phi) is 5.63. The molecular formula is C22H24ClN5. The van der Waals surface area contributed by atoms with Gasteiger partial charge in [0.15, 0.2) is 0 Å². The number of benzene rings is 2. The molecule has 2 aromatic carbocycles. The number of rotatable bonds is 5. The molecule has 144 valence electrons. The lowest BCUT2D eigenvalue weighted by atomic mass is 10.1. The second kappa shape index (κ2) is 8.48. The third-order valence-corrected chi connectivity index (χ3v) is 5.35. The van der Waals surface area contributed by atoms with Gasteiger partial charge in [0, 0.05) is 49.6 Å². The number of piperazine rings is 1. The second-order valence-corrected chi connectivity index (χ2v) is 7.41. The summed E-state index contributed by atoms with van der Waals surface area (Å²) in [6.45, 7) is 6.56. The molecule has 5 nitrogen and oxygen atoms in total. The molecule has 0 aliphatic carbocycles. The first kappa shape index (κ1) is 18.6. The van der Waals surface area contributed by atoms with Gasteiger partial charge in [-0.15, -0.1) is 0 Å². The Labute approximate surface area is 171 Å². The number of nitrogens with one attached hydrogen (secondary N) is 1. The molecule has 28 heavy (non-hydrogen) atoms. The van der Waals surface area contributed by atoms with E-state index in [1.54, 1.807) is 0 Å². The number of hydrogen-bond acceptors (Lipinski definition) is 5. The van der Waals surface area contributed by atoms with E-state index < -0.39 is 0 Å². The van der Waals surface area contributed by atoms with Crippen molar-refractivity contribution in [3.05, 3.63) is 76.9 Å². The lowest BCUT2D eigenvalue weighted by Crippen LogP contribution is -2.46. The lowest BCUT2D eigenvalue weighted by Gasteiger charge is -2.36. The molecule has 1 saturated heterocycles. The zero-order valence-electron chi connectivity index (χ0n) is 16.0. The number of nitrogens with zero attached hydrogens (tertiary/aromatic N) is 4. The van der Waals surface area contributed by atoms with Crippen LogP contribution in [-0.4, -0.2) is 36.1 Å². The average molecular weight is 394 g/mol. The van der Waals surface area contributed by atoms with Crippen molar-refractivity contribution < 1.29 is 0 Å². The van der Waals surface area contributed by atoms with Crippen molar-refractivity contribution >= 4 is 29.1 Å². The van der Waals surface area contributed by atoms with E-state index in [0.717, 1.165) is 43.6 Å². The van der Waals surface area contributed by atoms with Crippen molar-refractivity contribution in [3.8, 4) is 0 Å². The first-order valence-electron chi connectivity index (χ1n) is 9.56. The Bertz CT molecular complexity index is 937. The number of hydrogen-bond donors (Lipinski definition) is 1. The summed E-state index contributed by atoms with van der Waals surface area (Å²) in [5.74, 6) is 1.63. The highest BCUT2D eigenvalue weighted by atomic mass is 35.5. The fraction of sp³-hybridized carbons (Fsp3) is 0.273. The van der Waals surface area contributed by atoms with Crippen molar-refractivity contribution in [2.24, 2.45) is 0 Å². The summed E-state index contributed by atoms with van der Waals surface area (Å²) >= 11 is 6.13. The molecule has 1 aliphatic rings. The molecule has 3 aromatic rings. The zero-order chi connectivity index (χ0) is 19.3. The average Bonchev–Trinajstić information content (AvgIpc) is 2.73. The zero-order valence-corrected chi connectivity index (χ0v) is 16.7. The number of aromatic nitrogens is 2. The van der Waals surface area contributed by atoms with Crippen LogP contribution in [0, 0.1) is 6.92 Å². The number of halogens is 1. The minimum absolute atomic E-state index is 0.665. The fourth-order valence-corrected chi connectivity index (χ4v) is 3.64. The van der Waals surface area contributed by atoms with Gasteiger partial charge in [0.05, 0.1) is 0 Å². The van der Waals surface area contributed by atoms with Crippen molar-refractivity contribution in [2.75, 3.05) is 41.3 Å². The molecule has 1 aliphatic heterocycles. The predicted octanol–water partition coefficient (Wildman–Crippen LogP) is 4.38. The third kappa shape index (κ3) is 4.37. The first-order valence-corrected chi connectivity index (χ1v) is 9.94. The quantitative estimate of drug-likeness (QED) is 0.697. The van der Waals surface area contributed by atoms with Gasteiger partial charge in [0.2, 0.25) is 5.95 Å². The summed E-state index contributed by atoms with van der Waals surface area (Å²) in [7, 11) is 0. The minimum atomic E-state index is 0.665. The summed E-state index contributed by atoms with van der Waals surface area (Å²) < 4.78 is 0. The van der Waals surface area contributed by atoms with E-state index in [0.29, 0.717) is 5.95 Å². The molecule has 4 rings (SSSR count). The standard InChI is InChI=1S/C22H24ClN5/c1-17-5-2-3-6-18(17)16-25-22-24-10-9-21(26-22)28-13-11-27(12-14-28)20-8-4-7-19(23)15-20/h2-10,15H,11-14,16H2,1H3,(H,24,25,26). The smallest absolute Gasteiger partial charge is 0.224 e. The highest BCUT2D eigenvalue weighted by molar-refractivity contribution is 6.30. The third-order valence-electron chi connectivity index (χ3n) is 5.12. The molecule has 1 aromatic heterocycles. The van der Waals surface area contributed by atoms with Crippen LogP contribution in [0.25, 0.3) is 0 Å².